The van der Waals surface area contributed by atoms with Crippen molar-refractivity contribution in [3.63, 3.8) is 0 Å². The number of rotatable bonds is 10. The summed E-state index contributed by atoms with van der Waals surface area (Å²) in [6.45, 7) is 4.17. The third-order valence-corrected chi connectivity index (χ3v) is 11.2. The van der Waals surface area contributed by atoms with E-state index in [1.54, 1.807) is 0 Å². The molecule has 0 aliphatic rings. The van der Waals surface area contributed by atoms with Gasteiger partial charge in [-0.15, -0.1) is 0 Å². The van der Waals surface area contributed by atoms with Gasteiger partial charge in [0.2, 0.25) is 0 Å². The highest BCUT2D eigenvalue weighted by Crippen LogP contribution is 2.46. The minimum absolute atomic E-state index is 0.670. The van der Waals surface area contributed by atoms with Crippen LogP contribution in [0.25, 0.3) is 0 Å². The Morgan fingerprint density at radius 2 is 0.686 bits per heavy atom. The number of hydrogen-bond donors (Lipinski definition) is 0. The molecule has 0 aliphatic heterocycles. The molecular weight excluding hydrogens is 645 g/mol. The van der Waals surface area contributed by atoms with Gasteiger partial charge in [-0.2, -0.15) is 0 Å². The smallest absolute Gasteiger partial charge is 0.165 e. The highest BCUT2D eigenvalue weighted by Gasteiger charge is 2.46. The van der Waals surface area contributed by atoms with Crippen molar-refractivity contribution in [2.24, 2.45) is 0 Å². The van der Waals surface area contributed by atoms with E-state index in [2.05, 4.69) is 96.4 Å². The summed E-state index contributed by atoms with van der Waals surface area (Å²) in [4.78, 5) is 4.39. The second-order valence-corrected chi connectivity index (χ2v) is 15.1. The van der Waals surface area contributed by atoms with E-state index in [0.717, 1.165) is 45.3 Å². The van der Waals surface area contributed by atoms with Gasteiger partial charge in [-0.05, 0) is 114 Å². The average Bonchev–Trinajstić information content (AvgIpc) is 3.14. The Balaban J connectivity index is 1.38. The lowest BCUT2D eigenvalue weighted by atomic mass is 9.83. The van der Waals surface area contributed by atoms with Gasteiger partial charge in [-0.25, -0.2) is 8.42 Å². The molecule has 0 atom stereocenters. The van der Waals surface area contributed by atoms with E-state index in [1.165, 1.54) is 6.26 Å². The van der Waals surface area contributed by atoms with Crippen LogP contribution in [-0.2, 0) is 14.6 Å². The lowest BCUT2D eigenvalue weighted by Crippen LogP contribution is -2.38. The maximum absolute atomic E-state index is 14.4. The summed E-state index contributed by atoms with van der Waals surface area (Å²) in [6.07, 6.45) is 1.34. The van der Waals surface area contributed by atoms with Crippen LogP contribution in [0.2, 0.25) is 0 Å². The lowest BCUT2D eigenvalue weighted by Gasteiger charge is -2.35. The highest BCUT2D eigenvalue weighted by molar-refractivity contribution is 7.92. The van der Waals surface area contributed by atoms with Crippen molar-refractivity contribution in [2.75, 3.05) is 16.1 Å². The van der Waals surface area contributed by atoms with E-state index in [-0.39, 0.29) is 0 Å². The molecule has 0 saturated carbocycles. The van der Waals surface area contributed by atoms with Crippen LogP contribution in [0.5, 0.6) is 0 Å². The third kappa shape index (κ3) is 6.56. The fraction of sp³-hybridized carbons (Fsp3) is 0.0870. The molecule has 51 heavy (non-hydrogen) atoms. The summed E-state index contributed by atoms with van der Waals surface area (Å²) >= 11 is 0. The van der Waals surface area contributed by atoms with E-state index in [4.69, 9.17) is 0 Å². The molecule has 0 aromatic heterocycles. The predicted molar refractivity (Wildman–Crippen MR) is 213 cm³/mol. The van der Waals surface area contributed by atoms with Crippen LogP contribution in [0, 0.1) is 13.8 Å². The summed E-state index contributed by atoms with van der Waals surface area (Å²) in [5.41, 5.74) is 10.3. The van der Waals surface area contributed by atoms with Crippen LogP contribution in [0.3, 0.4) is 0 Å². The van der Waals surface area contributed by atoms with Gasteiger partial charge < -0.3 is 9.80 Å². The first-order valence-corrected chi connectivity index (χ1v) is 18.9. The number of hydrogen-bond acceptors (Lipinski definition) is 4. The first kappa shape index (κ1) is 33.6. The zero-order chi connectivity index (χ0) is 35.4. The Labute approximate surface area is 301 Å². The maximum atomic E-state index is 14.4. The minimum Gasteiger partial charge on any atom is -0.310 e. The summed E-state index contributed by atoms with van der Waals surface area (Å²) in [7, 11) is -3.80. The van der Waals surface area contributed by atoms with Crippen LogP contribution < -0.4 is 9.80 Å². The molecule has 0 amide bonds. The molecule has 0 fully saturated rings. The summed E-state index contributed by atoms with van der Waals surface area (Å²) in [6, 6.07) is 62.7. The van der Waals surface area contributed by atoms with Crippen molar-refractivity contribution in [2.45, 2.75) is 18.6 Å². The van der Waals surface area contributed by atoms with Gasteiger partial charge in [0, 0.05) is 40.4 Å². The molecule has 5 heteroatoms. The van der Waals surface area contributed by atoms with Crippen molar-refractivity contribution in [1.29, 1.82) is 0 Å². The van der Waals surface area contributed by atoms with Gasteiger partial charge in [0.1, 0.15) is 4.75 Å². The van der Waals surface area contributed by atoms with E-state index in [0.29, 0.717) is 16.7 Å². The van der Waals surface area contributed by atoms with Gasteiger partial charge in [0.15, 0.2) is 9.84 Å². The molecule has 4 nitrogen and oxygen atoms in total. The monoisotopic (exact) mass is 684 g/mol. The molecule has 0 bridgehead atoms. The molecule has 0 radical (unpaired) electrons. The zero-order valence-corrected chi connectivity index (χ0v) is 29.8. The van der Waals surface area contributed by atoms with E-state index in [9.17, 15) is 8.42 Å². The van der Waals surface area contributed by atoms with E-state index in [1.807, 2.05) is 115 Å². The Hall–Kier alpha value is -5.91. The van der Waals surface area contributed by atoms with Crippen LogP contribution >= 0.6 is 0 Å². The molecule has 7 aromatic rings. The van der Waals surface area contributed by atoms with Crippen molar-refractivity contribution >= 4 is 44.0 Å². The number of benzene rings is 7. The van der Waals surface area contributed by atoms with Crippen molar-refractivity contribution in [1.82, 2.24) is 0 Å². The second kappa shape index (κ2) is 14.1. The Morgan fingerprint density at radius 3 is 1.04 bits per heavy atom. The molecule has 252 valence electrons. The summed E-state index contributed by atoms with van der Waals surface area (Å²) in [5, 5.41) is 0. The number of nitrogens with zero attached hydrogens (tertiary/aromatic N) is 2. The first-order chi connectivity index (χ1) is 24.8. The SMILES string of the molecule is Cc1cccc(N(c2ccccc2)c2ccc(C(c3ccccc3)(c3ccc(N(c4ccccc4)c4cccc(C)c4)cc3)S(C)(=O)=O)cc2)c1. The fourth-order valence-electron chi connectivity index (χ4n) is 7.09. The number of anilines is 6. The average molecular weight is 685 g/mol. The third-order valence-electron chi connectivity index (χ3n) is 9.35. The van der Waals surface area contributed by atoms with Gasteiger partial charge in [0.05, 0.1) is 0 Å². The van der Waals surface area contributed by atoms with Crippen molar-refractivity contribution < 1.29 is 8.42 Å². The number of para-hydroxylation sites is 2. The molecule has 0 heterocycles. The molecule has 0 spiro atoms. The molecule has 7 rings (SSSR count). The molecular formula is C46H40N2O2S. The summed E-state index contributed by atoms with van der Waals surface area (Å²) < 4.78 is 27.4. The normalized spacial score (nSPS) is 11.6. The van der Waals surface area contributed by atoms with Gasteiger partial charge in [-0.3, -0.25) is 0 Å². The number of sulfone groups is 1. The van der Waals surface area contributed by atoms with E-state index >= 15 is 0 Å². The Kier molecular flexibility index (Phi) is 9.31. The molecule has 7 aromatic carbocycles. The lowest BCUT2D eigenvalue weighted by molar-refractivity contribution is 0.578. The molecule has 0 N–H and O–H groups in total. The van der Waals surface area contributed by atoms with Crippen LogP contribution in [-0.4, -0.2) is 14.7 Å². The number of aryl methyl sites for hydroxylation is 2. The standard InChI is InChI=1S/C46H40N2O2S/c1-35-15-13-23-44(33-35)47(40-19-9-5-10-20-40)42-29-25-38(26-30-42)46(51(3,49)50,37-17-7-4-8-18-37)39-27-31-43(32-28-39)48(41-21-11-6-12-22-41)45-24-14-16-36(2)34-45/h4-34H,1-3H3. The van der Waals surface area contributed by atoms with Crippen molar-refractivity contribution in [3.05, 3.63) is 216 Å². The quantitative estimate of drug-likeness (QED) is 0.134. The zero-order valence-electron chi connectivity index (χ0n) is 29.0. The van der Waals surface area contributed by atoms with Crippen LogP contribution in [0.1, 0.15) is 27.8 Å². The van der Waals surface area contributed by atoms with Crippen molar-refractivity contribution in [3.8, 4) is 0 Å². The largest absolute Gasteiger partial charge is 0.310 e. The maximum Gasteiger partial charge on any atom is 0.165 e. The topological polar surface area (TPSA) is 40.6 Å². The van der Waals surface area contributed by atoms with Crippen LogP contribution in [0.15, 0.2) is 188 Å². The minimum atomic E-state index is -3.80. The first-order valence-electron chi connectivity index (χ1n) is 17.1. The highest BCUT2D eigenvalue weighted by atomic mass is 32.2. The molecule has 0 saturated heterocycles. The van der Waals surface area contributed by atoms with Gasteiger partial charge in [0.25, 0.3) is 0 Å². The van der Waals surface area contributed by atoms with E-state index < -0.39 is 14.6 Å². The Bertz CT molecular complexity index is 2210. The van der Waals surface area contributed by atoms with Gasteiger partial charge >= 0.3 is 0 Å². The molecule has 0 unspecified atom stereocenters. The van der Waals surface area contributed by atoms with Crippen LogP contribution in [0.4, 0.5) is 34.1 Å². The second-order valence-electron chi connectivity index (χ2n) is 12.9. The fourth-order valence-corrected chi connectivity index (χ4v) is 8.78. The molecule has 0 aliphatic carbocycles. The van der Waals surface area contributed by atoms with Gasteiger partial charge in [-0.1, -0.05) is 115 Å². The Morgan fingerprint density at radius 1 is 0.373 bits per heavy atom. The predicted octanol–water partition coefficient (Wildman–Crippen LogP) is 11.6. The summed E-state index contributed by atoms with van der Waals surface area (Å²) in [5.74, 6) is 0.